The zero-order valence-electron chi connectivity index (χ0n) is 8.87. The van der Waals surface area contributed by atoms with Crippen molar-refractivity contribution in [1.29, 1.82) is 0 Å². The van der Waals surface area contributed by atoms with Crippen LogP contribution in [-0.4, -0.2) is 17.2 Å². The van der Waals surface area contributed by atoms with Crippen molar-refractivity contribution in [2.24, 2.45) is 0 Å². The lowest BCUT2D eigenvalue weighted by atomic mass is 10.1. The highest BCUT2D eigenvalue weighted by Gasteiger charge is 2.14. The largest absolute Gasteiger partial charge is 0.490 e. The van der Waals surface area contributed by atoms with E-state index < -0.39 is 5.97 Å². The Hall–Kier alpha value is -1.22. The van der Waals surface area contributed by atoms with Crippen LogP contribution in [0.15, 0.2) is 12.1 Å². The van der Waals surface area contributed by atoms with Crippen LogP contribution < -0.4 is 4.74 Å². The number of carbonyl (C=O) groups is 1. The first-order valence-electron chi connectivity index (χ1n) is 4.62. The second-order valence-corrected chi connectivity index (χ2v) is 3.98. The van der Waals surface area contributed by atoms with E-state index in [-0.39, 0.29) is 11.7 Å². The molecule has 0 radical (unpaired) electrons. The molecule has 1 aromatic carbocycles. The Kier molecular flexibility index (Phi) is 3.58. The molecule has 0 bridgehead atoms. The summed E-state index contributed by atoms with van der Waals surface area (Å²) in [7, 11) is 0. The summed E-state index contributed by atoms with van der Waals surface area (Å²) in [6.45, 7) is 5.49. The third-order valence-corrected chi connectivity index (χ3v) is 2.26. The minimum Gasteiger partial charge on any atom is -0.490 e. The van der Waals surface area contributed by atoms with Gasteiger partial charge in [0.2, 0.25) is 0 Å². The van der Waals surface area contributed by atoms with Gasteiger partial charge in [-0.25, -0.2) is 4.79 Å². The van der Waals surface area contributed by atoms with Gasteiger partial charge < -0.3 is 9.84 Å². The predicted molar refractivity (Wildman–Crippen MR) is 58.9 cm³/mol. The van der Waals surface area contributed by atoms with E-state index in [1.807, 2.05) is 13.8 Å². The van der Waals surface area contributed by atoms with Crippen LogP contribution >= 0.6 is 11.6 Å². The van der Waals surface area contributed by atoms with Gasteiger partial charge in [0.1, 0.15) is 11.3 Å². The van der Waals surface area contributed by atoms with E-state index in [0.717, 1.165) is 5.56 Å². The number of aryl methyl sites for hydroxylation is 1. The van der Waals surface area contributed by atoms with Crippen molar-refractivity contribution < 1.29 is 14.6 Å². The molecule has 3 nitrogen and oxygen atoms in total. The molecule has 0 aliphatic carbocycles. The van der Waals surface area contributed by atoms with Gasteiger partial charge in [0, 0.05) is 5.02 Å². The van der Waals surface area contributed by atoms with Crippen LogP contribution in [-0.2, 0) is 0 Å². The number of carboxylic acids is 1. The molecule has 0 amide bonds. The van der Waals surface area contributed by atoms with Gasteiger partial charge in [-0.1, -0.05) is 11.6 Å². The fraction of sp³-hybridized carbons (Fsp3) is 0.364. The second kappa shape index (κ2) is 4.53. The van der Waals surface area contributed by atoms with Crippen molar-refractivity contribution >= 4 is 17.6 Å². The number of aromatic carboxylic acids is 1. The lowest BCUT2D eigenvalue weighted by Crippen LogP contribution is -2.10. The molecule has 0 heterocycles. The molecule has 0 atom stereocenters. The van der Waals surface area contributed by atoms with Crippen LogP contribution in [0, 0.1) is 6.92 Å². The third kappa shape index (κ3) is 2.86. The molecular formula is C11H13ClO3. The SMILES string of the molecule is Cc1cc(OC(C)C)c(C(=O)O)cc1Cl. The van der Waals surface area contributed by atoms with Crippen molar-refractivity contribution in [2.75, 3.05) is 0 Å². The van der Waals surface area contributed by atoms with Crippen molar-refractivity contribution in [3.63, 3.8) is 0 Å². The first-order valence-corrected chi connectivity index (χ1v) is 4.99. The number of carboxylic acid groups (broad SMARTS) is 1. The van der Waals surface area contributed by atoms with Crippen LogP contribution in [0.5, 0.6) is 5.75 Å². The first kappa shape index (κ1) is 11.9. The van der Waals surface area contributed by atoms with Crippen LogP contribution in [0.3, 0.4) is 0 Å². The summed E-state index contributed by atoms with van der Waals surface area (Å²) < 4.78 is 5.40. The number of hydrogen-bond acceptors (Lipinski definition) is 2. The van der Waals surface area contributed by atoms with E-state index in [4.69, 9.17) is 21.4 Å². The van der Waals surface area contributed by atoms with Crippen molar-refractivity contribution in [2.45, 2.75) is 26.9 Å². The van der Waals surface area contributed by atoms with Crippen molar-refractivity contribution in [1.82, 2.24) is 0 Å². The third-order valence-electron chi connectivity index (χ3n) is 1.85. The monoisotopic (exact) mass is 228 g/mol. The average Bonchev–Trinajstić information content (AvgIpc) is 2.09. The van der Waals surface area contributed by atoms with Crippen LogP contribution in [0.4, 0.5) is 0 Å². The molecule has 0 spiro atoms. The number of rotatable bonds is 3. The molecule has 1 rings (SSSR count). The molecule has 1 N–H and O–H groups in total. The second-order valence-electron chi connectivity index (χ2n) is 3.57. The maximum atomic E-state index is 10.9. The van der Waals surface area contributed by atoms with Crippen LogP contribution in [0.2, 0.25) is 5.02 Å². The van der Waals surface area contributed by atoms with Gasteiger partial charge in [-0.15, -0.1) is 0 Å². The molecule has 0 saturated heterocycles. The summed E-state index contributed by atoms with van der Waals surface area (Å²) in [5.41, 5.74) is 0.900. The molecule has 15 heavy (non-hydrogen) atoms. The van der Waals surface area contributed by atoms with Crippen molar-refractivity contribution in [3.05, 3.63) is 28.3 Å². The molecule has 0 aliphatic heterocycles. The topological polar surface area (TPSA) is 46.5 Å². The summed E-state index contributed by atoms with van der Waals surface area (Å²) in [4.78, 5) is 10.9. The standard InChI is InChI=1S/C11H13ClO3/c1-6(2)15-10-4-7(3)9(12)5-8(10)11(13)14/h4-6H,1-3H3,(H,13,14). The van der Waals surface area contributed by atoms with Crippen molar-refractivity contribution in [3.8, 4) is 5.75 Å². The molecule has 0 saturated carbocycles. The van der Waals surface area contributed by atoms with E-state index >= 15 is 0 Å². The number of ether oxygens (including phenoxy) is 1. The van der Waals surface area contributed by atoms with E-state index in [0.29, 0.717) is 10.8 Å². The Morgan fingerprint density at radius 1 is 1.47 bits per heavy atom. The minimum atomic E-state index is -1.03. The molecular weight excluding hydrogens is 216 g/mol. The van der Waals surface area contributed by atoms with E-state index in [1.165, 1.54) is 6.07 Å². The lowest BCUT2D eigenvalue weighted by Gasteiger charge is -2.13. The lowest BCUT2D eigenvalue weighted by molar-refractivity contribution is 0.0690. The Balaban J connectivity index is 3.22. The van der Waals surface area contributed by atoms with E-state index in [9.17, 15) is 4.79 Å². The molecule has 4 heteroatoms. The maximum absolute atomic E-state index is 10.9. The van der Waals surface area contributed by atoms with Gasteiger partial charge in [0.05, 0.1) is 6.10 Å². The maximum Gasteiger partial charge on any atom is 0.339 e. The van der Waals surface area contributed by atoms with Crippen LogP contribution in [0.1, 0.15) is 29.8 Å². The number of halogens is 1. The Morgan fingerprint density at radius 2 is 2.07 bits per heavy atom. The molecule has 0 aliphatic rings. The van der Waals surface area contributed by atoms with E-state index in [1.54, 1.807) is 13.0 Å². The first-order chi connectivity index (χ1) is 6.91. The summed E-state index contributed by atoms with van der Waals surface area (Å²) in [6.07, 6.45) is -0.0660. The van der Waals surface area contributed by atoms with Gasteiger partial charge in [-0.3, -0.25) is 0 Å². The number of hydrogen-bond donors (Lipinski definition) is 1. The molecule has 82 valence electrons. The summed E-state index contributed by atoms with van der Waals surface area (Å²) in [6, 6.07) is 3.06. The van der Waals surface area contributed by atoms with Gasteiger partial charge in [0.15, 0.2) is 0 Å². The fourth-order valence-electron chi connectivity index (χ4n) is 1.17. The Bertz CT molecular complexity index is 386. The van der Waals surface area contributed by atoms with Gasteiger partial charge in [-0.2, -0.15) is 0 Å². The summed E-state index contributed by atoms with van der Waals surface area (Å²) >= 11 is 5.85. The van der Waals surface area contributed by atoms with E-state index in [2.05, 4.69) is 0 Å². The molecule has 1 aromatic rings. The number of benzene rings is 1. The Labute approximate surface area is 93.6 Å². The normalized spacial score (nSPS) is 10.5. The van der Waals surface area contributed by atoms with Gasteiger partial charge in [0.25, 0.3) is 0 Å². The molecule has 0 fully saturated rings. The molecule has 0 aromatic heterocycles. The molecule has 0 unspecified atom stereocenters. The highest BCUT2D eigenvalue weighted by molar-refractivity contribution is 6.31. The Morgan fingerprint density at radius 3 is 2.53 bits per heavy atom. The fourth-order valence-corrected chi connectivity index (χ4v) is 1.34. The highest BCUT2D eigenvalue weighted by atomic mass is 35.5. The van der Waals surface area contributed by atoms with Gasteiger partial charge >= 0.3 is 5.97 Å². The minimum absolute atomic E-state index is 0.0660. The summed E-state index contributed by atoms with van der Waals surface area (Å²) in [5.74, 6) is -0.674. The summed E-state index contributed by atoms with van der Waals surface area (Å²) in [5, 5.41) is 9.39. The predicted octanol–water partition coefficient (Wildman–Crippen LogP) is 3.13. The highest BCUT2D eigenvalue weighted by Crippen LogP contribution is 2.27. The smallest absolute Gasteiger partial charge is 0.339 e. The zero-order chi connectivity index (χ0) is 11.6. The zero-order valence-corrected chi connectivity index (χ0v) is 9.63. The van der Waals surface area contributed by atoms with Gasteiger partial charge in [-0.05, 0) is 38.5 Å². The van der Waals surface area contributed by atoms with Crippen LogP contribution in [0.25, 0.3) is 0 Å². The quantitative estimate of drug-likeness (QED) is 0.865. The average molecular weight is 229 g/mol.